The molecule has 0 saturated heterocycles. The lowest BCUT2D eigenvalue weighted by molar-refractivity contribution is 0.305. The molecule has 0 bridgehead atoms. The normalized spacial score (nSPS) is 9.20. The van der Waals surface area contributed by atoms with E-state index in [0.29, 0.717) is 24.5 Å². The van der Waals surface area contributed by atoms with Crippen LogP contribution in [0, 0.1) is 23.2 Å². The third-order valence-corrected chi connectivity index (χ3v) is 2.51. The number of hydrogen-bond donors (Lipinski definition) is 1. The van der Waals surface area contributed by atoms with Crippen molar-refractivity contribution in [2.45, 2.75) is 6.61 Å². The van der Waals surface area contributed by atoms with Crippen LogP contribution in [0.4, 0.5) is 0 Å². The summed E-state index contributed by atoms with van der Waals surface area (Å²) in [6.07, 6.45) is 3.29. The first-order valence-electron chi connectivity index (χ1n) is 6.07. The molecule has 2 N–H and O–H groups in total. The van der Waals surface area contributed by atoms with Gasteiger partial charge in [-0.25, -0.2) is 0 Å². The fraction of sp³-hybridized carbons (Fsp3) is 0.125. The van der Waals surface area contributed by atoms with Crippen molar-refractivity contribution in [2.75, 3.05) is 6.54 Å². The fourth-order valence-corrected chi connectivity index (χ4v) is 1.62. The highest BCUT2D eigenvalue weighted by molar-refractivity contribution is 5.37. The second kappa shape index (κ2) is 6.94. The summed E-state index contributed by atoms with van der Waals surface area (Å²) >= 11 is 0. The van der Waals surface area contributed by atoms with Gasteiger partial charge in [0.25, 0.3) is 0 Å². The van der Waals surface area contributed by atoms with E-state index < -0.39 is 0 Å². The highest BCUT2D eigenvalue weighted by Crippen LogP contribution is 2.13. The van der Waals surface area contributed by atoms with Crippen LogP contribution in [0.2, 0.25) is 0 Å². The maximum atomic E-state index is 8.84. The summed E-state index contributed by atoms with van der Waals surface area (Å²) in [5.41, 5.74) is 7.64. The van der Waals surface area contributed by atoms with Gasteiger partial charge in [-0.05, 0) is 23.8 Å². The molecule has 0 radical (unpaired) electrons. The summed E-state index contributed by atoms with van der Waals surface area (Å²) in [4.78, 5) is 4.06. The van der Waals surface area contributed by atoms with Crippen LogP contribution in [-0.4, -0.2) is 11.5 Å². The van der Waals surface area contributed by atoms with Gasteiger partial charge in [-0.2, -0.15) is 5.26 Å². The highest BCUT2D eigenvalue weighted by atomic mass is 16.5. The highest BCUT2D eigenvalue weighted by Gasteiger charge is 1.99. The van der Waals surface area contributed by atoms with Gasteiger partial charge >= 0.3 is 0 Å². The predicted molar refractivity (Wildman–Crippen MR) is 75.7 cm³/mol. The lowest BCUT2D eigenvalue weighted by Gasteiger charge is -2.06. The second-order valence-corrected chi connectivity index (χ2v) is 4.02. The largest absolute Gasteiger partial charge is 0.487 e. The summed E-state index contributed by atoms with van der Waals surface area (Å²) in [5, 5.41) is 8.84. The molecule has 0 aliphatic rings. The smallest absolute Gasteiger partial charge is 0.139 e. The lowest BCUT2D eigenvalue weighted by atomic mass is 10.1. The van der Waals surface area contributed by atoms with Crippen LogP contribution in [0.1, 0.15) is 16.7 Å². The third kappa shape index (κ3) is 3.84. The van der Waals surface area contributed by atoms with Crippen LogP contribution < -0.4 is 10.5 Å². The van der Waals surface area contributed by atoms with Gasteiger partial charge in [0.2, 0.25) is 0 Å². The number of nitrogens with two attached hydrogens (primary N) is 1. The lowest BCUT2D eigenvalue weighted by Crippen LogP contribution is -1.97. The monoisotopic (exact) mass is 263 g/mol. The molecule has 0 aliphatic carbocycles. The topological polar surface area (TPSA) is 71.9 Å². The molecule has 1 aromatic carbocycles. The number of nitrogens with zero attached hydrogens (tertiary/aromatic N) is 2. The number of rotatable bonds is 3. The zero-order chi connectivity index (χ0) is 14.2. The molecular weight excluding hydrogens is 250 g/mol. The van der Waals surface area contributed by atoms with E-state index in [9.17, 15) is 0 Å². The van der Waals surface area contributed by atoms with Gasteiger partial charge < -0.3 is 10.5 Å². The first-order valence-corrected chi connectivity index (χ1v) is 6.07. The number of nitriles is 1. The van der Waals surface area contributed by atoms with E-state index in [4.69, 9.17) is 15.7 Å². The SMILES string of the molecule is N#Cc1cccc(COc2cncc(C#CCN)c2)c1. The maximum absolute atomic E-state index is 8.84. The molecule has 1 heterocycles. The van der Waals surface area contributed by atoms with Crippen molar-refractivity contribution in [2.24, 2.45) is 5.73 Å². The summed E-state index contributed by atoms with van der Waals surface area (Å²) in [5.74, 6) is 6.30. The van der Waals surface area contributed by atoms with E-state index in [1.807, 2.05) is 18.2 Å². The molecule has 0 fully saturated rings. The molecule has 0 spiro atoms. The number of pyridine rings is 1. The summed E-state index contributed by atoms with van der Waals surface area (Å²) in [7, 11) is 0. The molecule has 0 unspecified atom stereocenters. The van der Waals surface area contributed by atoms with Crippen LogP contribution in [0.5, 0.6) is 5.75 Å². The zero-order valence-corrected chi connectivity index (χ0v) is 10.8. The van der Waals surface area contributed by atoms with Gasteiger partial charge in [0.15, 0.2) is 0 Å². The van der Waals surface area contributed by atoms with E-state index in [2.05, 4.69) is 22.9 Å². The Hall–Kier alpha value is -2.82. The number of aromatic nitrogens is 1. The molecule has 0 atom stereocenters. The van der Waals surface area contributed by atoms with E-state index in [1.54, 1.807) is 24.5 Å². The zero-order valence-electron chi connectivity index (χ0n) is 10.8. The number of hydrogen-bond acceptors (Lipinski definition) is 4. The van der Waals surface area contributed by atoms with Gasteiger partial charge in [0.1, 0.15) is 12.4 Å². The van der Waals surface area contributed by atoms with Crippen molar-refractivity contribution in [3.05, 3.63) is 59.4 Å². The Morgan fingerprint density at radius 1 is 1.20 bits per heavy atom. The predicted octanol–water partition coefficient (Wildman–Crippen LogP) is 1.84. The molecule has 0 amide bonds. The standard InChI is InChI=1S/C16H13N3O/c17-6-2-5-14-8-16(11-19-10-14)20-12-15-4-1-3-13(7-15)9-18/h1,3-4,7-8,10-11H,6,12,17H2. The van der Waals surface area contributed by atoms with Crippen molar-refractivity contribution < 1.29 is 4.74 Å². The first-order chi connectivity index (χ1) is 9.81. The molecule has 2 rings (SSSR count). The van der Waals surface area contributed by atoms with Crippen molar-refractivity contribution >= 4 is 0 Å². The minimum absolute atomic E-state index is 0.312. The first kappa shape index (κ1) is 13.6. The van der Waals surface area contributed by atoms with Crippen LogP contribution in [-0.2, 0) is 6.61 Å². The van der Waals surface area contributed by atoms with Crippen LogP contribution in [0.15, 0.2) is 42.7 Å². The molecule has 4 heteroatoms. The molecule has 0 saturated carbocycles. The Bertz CT molecular complexity index is 693. The van der Waals surface area contributed by atoms with Gasteiger partial charge in [0, 0.05) is 11.8 Å². The quantitative estimate of drug-likeness (QED) is 0.858. The maximum Gasteiger partial charge on any atom is 0.139 e. The Kier molecular flexibility index (Phi) is 4.72. The minimum Gasteiger partial charge on any atom is -0.487 e. The fourth-order valence-electron chi connectivity index (χ4n) is 1.62. The van der Waals surface area contributed by atoms with Crippen molar-refractivity contribution in [3.63, 3.8) is 0 Å². The molecule has 0 aliphatic heterocycles. The van der Waals surface area contributed by atoms with Crippen LogP contribution in [0.3, 0.4) is 0 Å². The molecule has 1 aromatic heterocycles. The summed E-state index contributed by atoms with van der Waals surface area (Å²) in [6.45, 7) is 0.691. The van der Waals surface area contributed by atoms with Crippen molar-refractivity contribution in [3.8, 4) is 23.7 Å². The molecule has 98 valence electrons. The van der Waals surface area contributed by atoms with Gasteiger partial charge in [-0.15, -0.1) is 0 Å². The van der Waals surface area contributed by atoms with Gasteiger partial charge in [-0.1, -0.05) is 24.0 Å². The van der Waals surface area contributed by atoms with Gasteiger partial charge in [0.05, 0.1) is 24.4 Å². The summed E-state index contributed by atoms with van der Waals surface area (Å²) < 4.78 is 5.64. The average molecular weight is 263 g/mol. The number of ether oxygens (including phenoxy) is 1. The van der Waals surface area contributed by atoms with Crippen molar-refractivity contribution in [1.29, 1.82) is 5.26 Å². The third-order valence-electron chi connectivity index (χ3n) is 2.51. The van der Waals surface area contributed by atoms with E-state index in [0.717, 1.165) is 11.1 Å². The van der Waals surface area contributed by atoms with Crippen molar-refractivity contribution in [1.82, 2.24) is 4.98 Å². The molecule has 4 nitrogen and oxygen atoms in total. The molecular formula is C16H13N3O. The van der Waals surface area contributed by atoms with E-state index in [-0.39, 0.29) is 0 Å². The Morgan fingerprint density at radius 3 is 2.90 bits per heavy atom. The Labute approximate surface area is 117 Å². The summed E-state index contributed by atoms with van der Waals surface area (Å²) in [6, 6.07) is 11.2. The number of benzene rings is 1. The van der Waals surface area contributed by atoms with E-state index >= 15 is 0 Å². The van der Waals surface area contributed by atoms with Crippen LogP contribution >= 0.6 is 0 Å². The Morgan fingerprint density at radius 2 is 2.10 bits per heavy atom. The van der Waals surface area contributed by atoms with E-state index in [1.165, 1.54) is 0 Å². The van der Waals surface area contributed by atoms with Gasteiger partial charge in [-0.3, -0.25) is 4.98 Å². The second-order valence-electron chi connectivity index (χ2n) is 4.02. The van der Waals surface area contributed by atoms with Crippen LogP contribution in [0.25, 0.3) is 0 Å². The molecule has 20 heavy (non-hydrogen) atoms. The average Bonchev–Trinajstić information content (AvgIpc) is 2.51. The Balaban J connectivity index is 2.05. The minimum atomic E-state index is 0.312. The molecule has 2 aromatic rings.